The normalized spacial score (nSPS) is 13.5. The van der Waals surface area contributed by atoms with Crippen LogP contribution in [-0.2, 0) is 17.7 Å². The average Bonchev–Trinajstić information content (AvgIpc) is 2.46. The molecule has 0 saturated heterocycles. The maximum Gasteiger partial charge on any atom is 0.251 e. The van der Waals surface area contributed by atoms with Crippen molar-refractivity contribution < 1.29 is 9.53 Å². The minimum atomic E-state index is 0.0114. The molecule has 0 saturated carbocycles. The molecule has 0 fully saturated rings. The van der Waals surface area contributed by atoms with E-state index in [0.29, 0.717) is 13.2 Å². The number of carbonyl (C=O) groups is 1. The molecule has 0 atom stereocenters. The van der Waals surface area contributed by atoms with E-state index in [1.807, 2.05) is 12.1 Å². The zero-order valence-electron chi connectivity index (χ0n) is 11.1. The van der Waals surface area contributed by atoms with Crippen LogP contribution in [0.5, 0.6) is 0 Å². The van der Waals surface area contributed by atoms with E-state index in [9.17, 15) is 4.79 Å². The van der Waals surface area contributed by atoms with Crippen LogP contribution in [0.2, 0.25) is 0 Å². The Labute approximate surface area is 113 Å². The SMILES string of the molecule is C=COCCCNC(=O)c1cccc2c1CCNC2. The van der Waals surface area contributed by atoms with Crippen LogP contribution in [-0.4, -0.2) is 25.6 Å². The summed E-state index contributed by atoms with van der Waals surface area (Å²) in [5.41, 5.74) is 3.22. The summed E-state index contributed by atoms with van der Waals surface area (Å²) >= 11 is 0. The van der Waals surface area contributed by atoms with Gasteiger partial charge in [-0.3, -0.25) is 4.79 Å². The number of amides is 1. The van der Waals surface area contributed by atoms with Gasteiger partial charge in [0.1, 0.15) is 0 Å². The third-order valence-corrected chi connectivity index (χ3v) is 3.23. The van der Waals surface area contributed by atoms with E-state index in [0.717, 1.165) is 31.5 Å². The van der Waals surface area contributed by atoms with Crippen molar-refractivity contribution in [3.05, 3.63) is 47.7 Å². The standard InChI is InChI=1S/C15H20N2O2/c1-2-19-10-4-8-17-15(18)14-6-3-5-12-11-16-9-7-13(12)14/h2-3,5-6,16H,1,4,7-11H2,(H,17,18). The molecule has 0 radical (unpaired) electrons. The highest BCUT2D eigenvalue weighted by Crippen LogP contribution is 2.18. The van der Waals surface area contributed by atoms with Gasteiger partial charge in [-0.15, -0.1) is 0 Å². The number of nitrogens with one attached hydrogen (secondary N) is 2. The van der Waals surface area contributed by atoms with Crippen LogP contribution in [0.15, 0.2) is 31.0 Å². The predicted octanol–water partition coefficient (Wildman–Crippen LogP) is 1.61. The number of fused-ring (bicyclic) bond motifs is 1. The molecule has 4 nitrogen and oxygen atoms in total. The van der Waals surface area contributed by atoms with Gasteiger partial charge in [0.2, 0.25) is 0 Å². The molecular formula is C15H20N2O2. The number of rotatable bonds is 6. The van der Waals surface area contributed by atoms with Crippen LogP contribution in [0, 0.1) is 0 Å². The quantitative estimate of drug-likeness (QED) is 0.603. The van der Waals surface area contributed by atoms with Gasteiger partial charge in [-0.25, -0.2) is 0 Å². The number of carbonyl (C=O) groups excluding carboxylic acids is 1. The maximum atomic E-state index is 12.2. The lowest BCUT2D eigenvalue weighted by molar-refractivity contribution is 0.0949. The second kappa shape index (κ2) is 6.95. The fraction of sp³-hybridized carbons (Fsp3) is 0.400. The van der Waals surface area contributed by atoms with Crippen molar-refractivity contribution in [3.63, 3.8) is 0 Å². The highest BCUT2D eigenvalue weighted by Gasteiger charge is 2.16. The Morgan fingerprint density at radius 3 is 3.26 bits per heavy atom. The van der Waals surface area contributed by atoms with Crippen molar-refractivity contribution in [2.24, 2.45) is 0 Å². The topological polar surface area (TPSA) is 50.4 Å². The third kappa shape index (κ3) is 3.58. The van der Waals surface area contributed by atoms with Crippen molar-refractivity contribution in [3.8, 4) is 0 Å². The van der Waals surface area contributed by atoms with Gasteiger partial charge in [0.15, 0.2) is 0 Å². The second-order valence-corrected chi connectivity index (χ2v) is 4.52. The highest BCUT2D eigenvalue weighted by atomic mass is 16.5. The summed E-state index contributed by atoms with van der Waals surface area (Å²) in [6, 6.07) is 5.93. The summed E-state index contributed by atoms with van der Waals surface area (Å²) in [6.07, 6.45) is 3.12. The lowest BCUT2D eigenvalue weighted by atomic mass is 9.95. The number of benzene rings is 1. The summed E-state index contributed by atoms with van der Waals surface area (Å²) < 4.78 is 5.02. The molecule has 2 N–H and O–H groups in total. The first kappa shape index (κ1) is 13.6. The zero-order chi connectivity index (χ0) is 13.5. The Morgan fingerprint density at radius 2 is 2.42 bits per heavy atom. The van der Waals surface area contributed by atoms with E-state index in [1.165, 1.54) is 17.4 Å². The molecule has 1 heterocycles. The van der Waals surface area contributed by atoms with E-state index in [1.54, 1.807) is 0 Å². The minimum Gasteiger partial charge on any atom is -0.502 e. The zero-order valence-corrected chi connectivity index (χ0v) is 11.1. The van der Waals surface area contributed by atoms with E-state index < -0.39 is 0 Å². The van der Waals surface area contributed by atoms with Crippen LogP contribution < -0.4 is 10.6 Å². The van der Waals surface area contributed by atoms with Crippen LogP contribution in [0.25, 0.3) is 0 Å². The smallest absolute Gasteiger partial charge is 0.251 e. The molecule has 4 heteroatoms. The Morgan fingerprint density at radius 1 is 1.53 bits per heavy atom. The van der Waals surface area contributed by atoms with Gasteiger partial charge in [-0.1, -0.05) is 18.7 Å². The van der Waals surface area contributed by atoms with Crippen molar-refractivity contribution in [2.45, 2.75) is 19.4 Å². The van der Waals surface area contributed by atoms with E-state index >= 15 is 0 Å². The Hall–Kier alpha value is -1.81. The molecule has 0 aliphatic carbocycles. The fourth-order valence-corrected chi connectivity index (χ4v) is 2.28. The average molecular weight is 260 g/mol. The summed E-state index contributed by atoms with van der Waals surface area (Å²) in [6.45, 7) is 6.46. The van der Waals surface area contributed by atoms with E-state index in [-0.39, 0.29) is 5.91 Å². The molecule has 19 heavy (non-hydrogen) atoms. The molecular weight excluding hydrogens is 240 g/mol. The van der Waals surface area contributed by atoms with Gasteiger partial charge in [0.05, 0.1) is 12.9 Å². The first-order chi connectivity index (χ1) is 9.33. The van der Waals surface area contributed by atoms with E-state index in [4.69, 9.17) is 4.74 Å². The molecule has 2 rings (SSSR count). The molecule has 1 aliphatic heterocycles. The number of hydrogen-bond acceptors (Lipinski definition) is 3. The van der Waals surface area contributed by atoms with Gasteiger partial charge < -0.3 is 15.4 Å². The van der Waals surface area contributed by atoms with E-state index in [2.05, 4.69) is 23.3 Å². The number of hydrogen-bond donors (Lipinski definition) is 2. The summed E-state index contributed by atoms with van der Waals surface area (Å²) in [5, 5.41) is 6.25. The Kier molecular flexibility index (Phi) is 4.98. The lowest BCUT2D eigenvalue weighted by Gasteiger charge is -2.19. The van der Waals surface area contributed by atoms with Gasteiger partial charge in [-0.05, 0) is 36.6 Å². The van der Waals surface area contributed by atoms with Gasteiger partial charge in [0.25, 0.3) is 5.91 Å². The monoisotopic (exact) mass is 260 g/mol. The summed E-state index contributed by atoms with van der Waals surface area (Å²) in [7, 11) is 0. The molecule has 1 amide bonds. The van der Waals surface area contributed by atoms with Crippen molar-refractivity contribution in [2.75, 3.05) is 19.7 Å². The third-order valence-electron chi connectivity index (χ3n) is 3.23. The van der Waals surface area contributed by atoms with Crippen LogP contribution >= 0.6 is 0 Å². The van der Waals surface area contributed by atoms with Crippen molar-refractivity contribution in [1.29, 1.82) is 0 Å². The van der Waals surface area contributed by atoms with Crippen LogP contribution in [0.3, 0.4) is 0 Å². The Bertz CT molecular complexity index is 457. The summed E-state index contributed by atoms with van der Waals surface area (Å²) in [5.74, 6) is 0.0114. The van der Waals surface area contributed by atoms with Crippen molar-refractivity contribution in [1.82, 2.24) is 10.6 Å². The molecule has 0 spiro atoms. The molecule has 1 aromatic rings. The van der Waals surface area contributed by atoms with Crippen molar-refractivity contribution >= 4 is 5.91 Å². The fourth-order valence-electron chi connectivity index (χ4n) is 2.28. The van der Waals surface area contributed by atoms with Gasteiger partial charge >= 0.3 is 0 Å². The predicted molar refractivity (Wildman–Crippen MR) is 75.0 cm³/mol. The molecule has 0 aromatic heterocycles. The molecule has 1 aliphatic rings. The highest BCUT2D eigenvalue weighted by molar-refractivity contribution is 5.96. The van der Waals surface area contributed by atoms with Crippen LogP contribution in [0.4, 0.5) is 0 Å². The molecule has 102 valence electrons. The lowest BCUT2D eigenvalue weighted by Crippen LogP contribution is -2.30. The molecule has 0 unspecified atom stereocenters. The summed E-state index contributed by atoms with van der Waals surface area (Å²) in [4.78, 5) is 12.2. The molecule has 0 bridgehead atoms. The largest absolute Gasteiger partial charge is 0.502 e. The second-order valence-electron chi connectivity index (χ2n) is 4.52. The van der Waals surface area contributed by atoms with Gasteiger partial charge in [0, 0.05) is 18.7 Å². The maximum absolute atomic E-state index is 12.2. The number of ether oxygens (including phenoxy) is 1. The molecule has 1 aromatic carbocycles. The first-order valence-corrected chi connectivity index (χ1v) is 6.65. The minimum absolute atomic E-state index is 0.0114. The van der Waals surface area contributed by atoms with Crippen LogP contribution in [0.1, 0.15) is 27.9 Å². The Balaban J connectivity index is 1.93. The van der Waals surface area contributed by atoms with Gasteiger partial charge in [-0.2, -0.15) is 0 Å². The first-order valence-electron chi connectivity index (χ1n) is 6.65.